The number of rotatable bonds is 5. The highest BCUT2D eigenvalue weighted by Crippen LogP contribution is 2.35. The minimum atomic E-state index is -0.723. The van der Waals surface area contributed by atoms with Crippen LogP contribution in [0.1, 0.15) is 29.9 Å². The Morgan fingerprint density at radius 2 is 1.87 bits per heavy atom. The standard InChI is InChI=1S/C22H19Cl2N3O4/c1-3-31-21(29)19-15(18-16(24)9-13(23)10-17(18)25-19)11-26-12(2)20(28)27(22(26)30)14-7-5-4-6-8-14/h4-10,12,25H,3,11H2,1-2H3/t12-/m0/s1. The molecule has 31 heavy (non-hydrogen) atoms. The predicted octanol–water partition coefficient (Wildman–Crippen LogP) is 5.01. The zero-order chi connectivity index (χ0) is 22.3. The maximum absolute atomic E-state index is 13.2. The number of benzene rings is 2. The summed E-state index contributed by atoms with van der Waals surface area (Å²) in [5, 5.41) is 1.28. The van der Waals surface area contributed by atoms with Crippen LogP contribution < -0.4 is 4.90 Å². The molecule has 4 rings (SSSR count). The molecule has 7 nitrogen and oxygen atoms in total. The molecule has 0 bridgehead atoms. The number of hydrogen-bond acceptors (Lipinski definition) is 4. The molecule has 3 amide bonds. The Balaban J connectivity index is 1.79. The largest absolute Gasteiger partial charge is 0.461 e. The molecule has 0 saturated carbocycles. The molecule has 160 valence electrons. The van der Waals surface area contributed by atoms with Gasteiger partial charge in [0.05, 0.1) is 23.9 Å². The van der Waals surface area contributed by atoms with Crippen molar-refractivity contribution in [2.75, 3.05) is 11.5 Å². The van der Waals surface area contributed by atoms with E-state index < -0.39 is 18.0 Å². The van der Waals surface area contributed by atoms with Crippen LogP contribution in [0.15, 0.2) is 42.5 Å². The lowest BCUT2D eigenvalue weighted by molar-refractivity contribution is -0.119. The van der Waals surface area contributed by atoms with Crippen LogP contribution in [-0.2, 0) is 16.1 Å². The third kappa shape index (κ3) is 3.64. The fourth-order valence-corrected chi connectivity index (χ4v) is 4.36. The fraction of sp³-hybridized carbons (Fsp3) is 0.227. The third-order valence-corrected chi connectivity index (χ3v) is 5.74. The normalized spacial score (nSPS) is 16.5. The summed E-state index contributed by atoms with van der Waals surface area (Å²) in [6.45, 7) is 3.53. The van der Waals surface area contributed by atoms with Gasteiger partial charge < -0.3 is 14.6 Å². The van der Waals surface area contributed by atoms with E-state index in [1.165, 1.54) is 4.90 Å². The van der Waals surface area contributed by atoms with Crippen molar-refractivity contribution in [2.45, 2.75) is 26.4 Å². The lowest BCUT2D eigenvalue weighted by Crippen LogP contribution is -2.34. The molecule has 0 aliphatic carbocycles. The molecule has 3 aromatic rings. The maximum atomic E-state index is 13.2. The number of carbonyl (C=O) groups is 3. The summed E-state index contributed by atoms with van der Waals surface area (Å²) >= 11 is 12.5. The second-order valence-corrected chi connectivity index (χ2v) is 7.95. The van der Waals surface area contributed by atoms with Gasteiger partial charge >= 0.3 is 12.0 Å². The lowest BCUT2D eigenvalue weighted by atomic mass is 10.1. The monoisotopic (exact) mass is 459 g/mol. The van der Waals surface area contributed by atoms with Crippen molar-refractivity contribution in [2.24, 2.45) is 0 Å². The van der Waals surface area contributed by atoms with Gasteiger partial charge in [0.25, 0.3) is 5.91 Å². The van der Waals surface area contributed by atoms with E-state index in [1.807, 2.05) is 0 Å². The summed E-state index contributed by atoms with van der Waals surface area (Å²) in [4.78, 5) is 44.2. The third-order valence-electron chi connectivity index (χ3n) is 5.22. The number of ether oxygens (including phenoxy) is 1. The molecule has 1 saturated heterocycles. The van der Waals surface area contributed by atoms with Gasteiger partial charge in [-0.2, -0.15) is 0 Å². The summed E-state index contributed by atoms with van der Waals surface area (Å²) in [7, 11) is 0. The van der Waals surface area contributed by atoms with Gasteiger partial charge in [0, 0.05) is 21.5 Å². The van der Waals surface area contributed by atoms with E-state index >= 15 is 0 Å². The number of halogens is 2. The van der Waals surface area contributed by atoms with Crippen molar-refractivity contribution >= 4 is 57.7 Å². The number of aromatic amines is 1. The minimum absolute atomic E-state index is 0.00935. The molecule has 0 spiro atoms. The molecule has 0 radical (unpaired) electrons. The van der Waals surface area contributed by atoms with Crippen LogP contribution in [0.3, 0.4) is 0 Å². The molecule has 1 atom stereocenters. The summed E-state index contributed by atoms with van der Waals surface area (Å²) in [5.74, 6) is -0.922. The molecular weight excluding hydrogens is 441 g/mol. The second kappa shape index (κ2) is 8.24. The smallest absolute Gasteiger partial charge is 0.355 e. The number of aromatic nitrogens is 1. The Hall–Kier alpha value is -3.03. The van der Waals surface area contributed by atoms with Crippen LogP contribution in [-0.4, -0.2) is 40.4 Å². The maximum Gasteiger partial charge on any atom is 0.355 e. The van der Waals surface area contributed by atoms with Crippen LogP contribution in [0, 0.1) is 0 Å². The van der Waals surface area contributed by atoms with E-state index in [9.17, 15) is 14.4 Å². The van der Waals surface area contributed by atoms with E-state index in [-0.39, 0.29) is 24.8 Å². The highest BCUT2D eigenvalue weighted by atomic mass is 35.5. The Morgan fingerprint density at radius 3 is 2.55 bits per heavy atom. The van der Waals surface area contributed by atoms with E-state index in [2.05, 4.69) is 4.98 Å². The highest BCUT2D eigenvalue weighted by Gasteiger charge is 2.44. The van der Waals surface area contributed by atoms with Crippen molar-refractivity contribution in [3.8, 4) is 0 Å². The number of anilines is 1. The first-order valence-electron chi connectivity index (χ1n) is 9.69. The van der Waals surface area contributed by atoms with Crippen molar-refractivity contribution in [3.05, 3.63) is 63.8 Å². The Labute approximate surface area is 188 Å². The van der Waals surface area contributed by atoms with Gasteiger partial charge in [0.1, 0.15) is 11.7 Å². The number of amides is 3. The molecule has 1 aliphatic rings. The Bertz CT molecular complexity index is 1190. The predicted molar refractivity (Wildman–Crippen MR) is 119 cm³/mol. The molecule has 1 aromatic heterocycles. The quantitative estimate of drug-likeness (QED) is 0.429. The average molecular weight is 460 g/mol. The average Bonchev–Trinajstić information content (AvgIpc) is 3.19. The fourth-order valence-electron chi connectivity index (χ4n) is 3.75. The Kier molecular flexibility index (Phi) is 5.64. The zero-order valence-electron chi connectivity index (χ0n) is 16.8. The number of para-hydroxylation sites is 1. The van der Waals surface area contributed by atoms with Gasteiger partial charge in [-0.05, 0) is 38.1 Å². The lowest BCUT2D eigenvalue weighted by Gasteiger charge is -2.20. The summed E-state index contributed by atoms with van der Waals surface area (Å²) < 4.78 is 5.17. The number of urea groups is 1. The highest BCUT2D eigenvalue weighted by molar-refractivity contribution is 6.39. The molecule has 1 fully saturated rings. The number of fused-ring (bicyclic) bond motifs is 1. The van der Waals surface area contributed by atoms with E-state index in [1.54, 1.807) is 56.3 Å². The van der Waals surface area contributed by atoms with E-state index in [0.717, 1.165) is 4.90 Å². The van der Waals surface area contributed by atoms with Gasteiger partial charge in [-0.25, -0.2) is 14.5 Å². The SMILES string of the molecule is CCOC(=O)c1[nH]c2cc(Cl)cc(Cl)c2c1CN1C(=O)N(c2ccccc2)C(=O)[C@@H]1C. The molecule has 1 N–H and O–H groups in total. The van der Waals surface area contributed by atoms with Gasteiger partial charge in [-0.15, -0.1) is 0 Å². The number of H-pyrrole nitrogens is 1. The van der Waals surface area contributed by atoms with Crippen LogP contribution in [0.4, 0.5) is 10.5 Å². The van der Waals surface area contributed by atoms with Crippen molar-refractivity contribution in [3.63, 3.8) is 0 Å². The van der Waals surface area contributed by atoms with Crippen LogP contribution >= 0.6 is 23.2 Å². The van der Waals surface area contributed by atoms with Crippen molar-refractivity contribution in [1.29, 1.82) is 0 Å². The van der Waals surface area contributed by atoms with Gasteiger partial charge in [0.2, 0.25) is 0 Å². The molecule has 2 aromatic carbocycles. The minimum Gasteiger partial charge on any atom is -0.461 e. The van der Waals surface area contributed by atoms with Crippen LogP contribution in [0.5, 0.6) is 0 Å². The van der Waals surface area contributed by atoms with Crippen molar-refractivity contribution < 1.29 is 19.1 Å². The number of carbonyl (C=O) groups excluding carboxylic acids is 3. The number of nitrogens with one attached hydrogen (secondary N) is 1. The molecule has 0 unspecified atom stereocenters. The first-order valence-corrected chi connectivity index (χ1v) is 10.4. The van der Waals surface area contributed by atoms with Gasteiger partial charge in [-0.1, -0.05) is 41.4 Å². The first kappa shape index (κ1) is 21.2. The summed E-state index contributed by atoms with van der Waals surface area (Å²) in [6.07, 6.45) is 0. The van der Waals surface area contributed by atoms with Crippen LogP contribution in [0.25, 0.3) is 10.9 Å². The van der Waals surface area contributed by atoms with Crippen molar-refractivity contribution in [1.82, 2.24) is 9.88 Å². The Morgan fingerprint density at radius 1 is 1.16 bits per heavy atom. The van der Waals surface area contributed by atoms with Gasteiger partial charge in [-0.3, -0.25) is 4.79 Å². The number of esters is 1. The molecule has 1 aliphatic heterocycles. The zero-order valence-corrected chi connectivity index (χ0v) is 18.3. The molecule has 9 heteroatoms. The summed E-state index contributed by atoms with van der Waals surface area (Å²) in [6, 6.07) is 10.7. The topological polar surface area (TPSA) is 82.7 Å². The number of nitrogens with zero attached hydrogens (tertiary/aromatic N) is 2. The first-order chi connectivity index (χ1) is 14.8. The van der Waals surface area contributed by atoms with E-state index in [4.69, 9.17) is 27.9 Å². The summed E-state index contributed by atoms with van der Waals surface area (Å²) in [5.41, 5.74) is 1.67. The second-order valence-electron chi connectivity index (χ2n) is 7.10. The molecular formula is C22H19Cl2N3O4. The van der Waals surface area contributed by atoms with Gasteiger partial charge in [0.15, 0.2) is 0 Å². The van der Waals surface area contributed by atoms with Crippen LogP contribution in [0.2, 0.25) is 10.0 Å². The molecule has 2 heterocycles. The number of hydrogen-bond donors (Lipinski definition) is 1. The number of imide groups is 1. The van der Waals surface area contributed by atoms with E-state index in [0.29, 0.717) is 32.2 Å².